The minimum atomic E-state index is 0.597. The standard InChI is InChI=1S/C15H17NO/c1-11-3-5-13(6-4-11)15-8-7-14(17-15)12(2)9-10-16/h3-8H,2,9-10,16H2,1H3. The molecule has 0 aliphatic rings. The van der Waals surface area contributed by atoms with E-state index < -0.39 is 0 Å². The van der Waals surface area contributed by atoms with Crippen LogP contribution >= 0.6 is 0 Å². The molecule has 0 unspecified atom stereocenters. The molecule has 0 amide bonds. The SMILES string of the molecule is C=C(CCN)c1ccc(-c2ccc(C)cc2)o1. The van der Waals surface area contributed by atoms with Crippen molar-refractivity contribution in [3.63, 3.8) is 0 Å². The maximum Gasteiger partial charge on any atom is 0.134 e. The van der Waals surface area contributed by atoms with E-state index in [2.05, 4.69) is 37.8 Å². The Bertz CT molecular complexity index is 508. The van der Waals surface area contributed by atoms with E-state index in [0.717, 1.165) is 29.1 Å². The van der Waals surface area contributed by atoms with Crippen LogP contribution in [0.1, 0.15) is 17.7 Å². The normalized spacial score (nSPS) is 10.5. The van der Waals surface area contributed by atoms with Gasteiger partial charge in [0.25, 0.3) is 0 Å². The molecule has 2 nitrogen and oxygen atoms in total. The lowest BCUT2D eigenvalue weighted by Gasteiger charge is -2.00. The molecule has 0 aliphatic carbocycles. The summed E-state index contributed by atoms with van der Waals surface area (Å²) in [4.78, 5) is 0. The third-order valence-corrected chi connectivity index (χ3v) is 2.74. The Kier molecular flexibility index (Phi) is 3.45. The second kappa shape index (κ2) is 5.02. The molecule has 0 aliphatic heterocycles. The van der Waals surface area contributed by atoms with Crippen LogP contribution in [0.5, 0.6) is 0 Å². The van der Waals surface area contributed by atoms with Crippen molar-refractivity contribution in [1.82, 2.24) is 0 Å². The van der Waals surface area contributed by atoms with Crippen LogP contribution in [0.4, 0.5) is 0 Å². The second-order valence-electron chi connectivity index (χ2n) is 4.17. The average Bonchev–Trinajstić information content (AvgIpc) is 2.80. The molecule has 0 radical (unpaired) electrons. The highest BCUT2D eigenvalue weighted by Crippen LogP contribution is 2.26. The quantitative estimate of drug-likeness (QED) is 0.866. The molecule has 2 rings (SSSR count). The minimum absolute atomic E-state index is 0.597. The molecule has 0 saturated heterocycles. The minimum Gasteiger partial charge on any atom is -0.456 e. The summed E-state index contributed by atoms with van der Waals surface area (Å²) in [5.41, 5.74) is 8.78. The van der Waals surface area contributed by atoms with Gasteiger partial charge in [-0.15, -0.1) is 0 Å². The first-order valence-corrected chi connectivity index (χ1v) is 5.76. The van der Waals surface area contributed by atoms with Gasteiger partial charge in [-0.25, -0.2) is 0 Å². The molecule has 1 aromatic carbocycles. The van der Waals surface area contributed by atoms with E-state index in [1.165, 1.54) is 5.56 Å². The monoisotopic (exact) mass is 227 g/mol. The first-order valence-electron chi connectivity index (χ1n) is 5.76. The van der Waals surface area contributed by atoms with Crippen LogP contribution in [0, 0.1) is 6.92 Å². The fourth-order valence-electron chi connectivity index (χ4n) is 1.70. The smallest absolute Gasteiger partial charge is 0.134 e. The van der Waals surface area contributed by atoms with Crippen LogP contribution in [0.25, 0.3) is 16.9 Å². The Hall–Kier alpha value is -1.80. The molecule has 0 bridgehead atoms. The van der Waals surface area contributed by atoms with Gasteiger partial charge >= 0.3 is 0 Å². The lowest BCUT2D eigenvalue weighted by Crippen LogP contribution is -1.98. The fourth-order valence-corrected chi connectivity index (χ4v) is 1.70. The van der Waals surface area contributed by atoms with Crippen molar-refractivity contribution in [3.05, 3.63) is 54.3 Å². The highest BCUT2D eigenvalue weighted by molar-refractivity contribution is 5.64. The third kappa shape index (κ3) is 2.66. The van der Waals surface area contributed by atoms with E-state index >= 15 is 0 Å². The number of aryl methyl sites for hydroxylation is 1. The first kappa shape index (κ1) is 11.7. The van der Waals surface area contributed by atoms with Crippen LogP contribution in [0.3, 0.4) is 0 Å². The van der Waals surface area contributed by atoms with E-state index in [9.17, 15) is 0 Å². The van der Waals surface area contributed by atoms with Gasteiger partial charge in [0.2, 0.25) is 0 Å². The summed E-state index contributed by atoms with van der Waals surface area (Å²) in [6.45, 7) is 6.63. The van der Waals surface area contributed by atoms with Crippen LogP contribution in [-0.4, -0.2) is 6.54 Å². The number of rotatable bonds is 4. The Balaban J connectivity index is 2.23. The Morgan fingerprint density at radius 1 is 1.18 bits per heavy atom. The van der Waals surface area contributed by atoms with Crippen LogP contribution < -0.4 is 5.73 Å². The summed E-state index contributed by atoms with van der Waals surface area (Å²) in [5, 5.41) is 0. The summed E-state index contributed by atoms with van der Waals surface area (Å²) >= 11 is 0. The first-order chi connectivity index (χ1) is 8.20. The van der Waals surface area contributed by atoms with Crippen LogP contribution in [-0.2, 0) is 0 Å². The predicted molar refractivity (Wildman–Crippen MR) is 71.6 cm³/mol. The highest BCUT2D eigenvalue weighted by atomic mass is 16.3. The van der Waals surface area contributed by atoms with Gasteiger partial charge in [0.15, 0.2) is 0 Å². The molecule has 17 heavy (non-hydrogen) atoms. The molecule has 2 aromatic rings. The molecule has 0 fully saturated rings. The zero-order valence-corrected chi connectivity index (χ0v) is 10.1. The van der Waals surface area contributed by atoms with Crippen LogP contribution in [0.15, 0.2) is 47.4 Å². The summed E-state index contributed by atoms with van der Waals surface area (Å²) in [6, 6.07) is 12.2. The predicted octanol–water partition coefficient (Wildman–Crippen LogP) is 3.62. The fraction of sp³-hybridized carbons (Fsp3) is 0.200. The van der Waals surface area contributed by atoms with Gasteiger partial charge in [-0.1, -0.05) is 36.4 Å². The zero-order valence-electron chi connectivity index (χ0n) is 10.1. The Morgan fingerprint density at radius 2 is 1.88 bits per heavy atom. The molecule has 2 N–H and O–H groups in total. The van der Waals surface area contributed by atoms with Crippen molar-refractivity contribution < 1.29 is 4.42 Å². The maximum absolute atomic E-state index is 5.77. The molecule has 88 valence electrons. The maximum atomic E-state index is 5.77. The van der Waals surface area contributed by atoms with E-state index in [1.54, 1.807) is 0 Å². The third-order valence-electron chi connectivity index (χ3n) is 2.74. The van der Waals surface area contributed by atoms with Crippen molar-refractivity contribution in [2.24, 2.45) is 5.73 Å². The van der Waals surface area contributed by atoms with Crippen LogP contribution in [0.2, 0.25) is 0 Å². The molecule has 0 spiro atoms. The molecule has 0 atom stereocenters. The number of benzene rings is 1. The van der Waals surface area contributed by atoms with Crippen molar-refractivity contribution >= 4 is 5.57 Å². The summed E-state index contributed by atoms with van der Waals surface area (Å²) in [5.74, 6) is 1.70. The average molecular weight is 227 g/mol. The number of nitrogens with two attached hydrogens (primary N) is 1. The molecule has 0 saturated carbocycles. The number of hydrogen-bond acceptors (Lipinski definition) is 2. The lowest BCUT2D eigenvalue weighted by molar-refractivity contribution is 0.565. The van der Waals surface area contributed by atoms with Gasteiger partial charge in [0, 0.05) is 5.56 Å². The van der Waals surface area contributed by atoms with Gasteiger partial charge < -0.3 is 10.2 Å². The molecule has 2 heteroatoms. The number of hydrogen-bond donors (Lipinski definition) is 1. The second-order valence-corrected chi connectivity index (χ2v) is 4.17. The van der Waals surface area contributed by atoms with Crippen molar-refractivity contribution in [3.8, 4) is 11.3 Å². The Labute approximate surface area is 102 Å². The van der Waals surface area contributed by atoms with Crippen molar-refractivity contribution in [1.29, 1.82) is 0 Å². The molecule has 1 heterocycles. The van der Waals surface area contributed by atoms with Crippen molar-refractivity contribution in [2.75, 3.05) is 6.54 Å². The number of furan rings is 1. The van der Waals surface area contributed by atoms with Gasteiger partial charge in [-0.05, 0) is 37.6 Å². The van der Waals surface area contributed by atoms with E-state index in [0.29, 0.717) is 6.54 Å². The summed E-state index contributed by atoms with van der Waals surface area (Å²) in [6.07, 6.45) is 0.765. The van der Waals surface area contributed by atoms with E-state index in [4.69, 9.17) is 10.2 Å². The summed E-state index contributed by atoms with van der Waals surface area (Å²) in [7, 11) is 0. The molecule has 1 aromatic heterocycles. The van der Waals surface area contributed by atoms with Gasteiger partial charge in [-0.2, -0.15) is 0 Å². The molecular formula is C15H17NO. The van der Waals surface area contributed by atoms with E-state index in [1.807, 2.05) is 12.1 Å². The zero-order chi connectivity index (χ0) is 12.3. The van der Waals surface area contributed by atoms with Gasteiger partial charge in [0.05, 0.1) is 0 Å². The van der Waals surface area contributed by atoms with E-state index in [-0.39, 0.29) is 0 Å². The van der Waals surface area contributed by atoms with Gasteiger partial charge in [0.1, 0.15) is 11.5 Å². The van der Waals surface area contributed by atoms with Crippen molar-refractivity contribution in [2.45, 2.75) is 13.3 Å². The lowest BCUT2D eigenvalue weighted by atomic mass is 10.1. The Morgan fingerprint density at radius 3 is 2.53 bits per heavy atom. The largest absolute Gasteiger partial charge is 0.456 e. The summed E-state index contributed by atoms with van der Waals surface area (Å²) < 4.78 is 5.77. The highest BCUT2D eigenvalue weighted by Gasteiger charge is 2.06. The van der Waals surface area contributed by atoms with Gasteiger partial charge in [-0.3, -0.25) is 0 Å². The topological polar surface area (TPSA) is 39.2 Å². The molecular weight excluding hydrogens is 210 g/mol.